The first-order chi connectivity index (χ1) is 7.99. The molecular formula is C14H23FN2. The van der Waals surface area contributed by atoms with Gasteiger partial charge in [0.1, 0.15) is 5.82 Å². The van der Waals surface area contributed by atoms with Crippen LogP contribution in [-0.2, 0) is 6.54 Å². The fourth-order valence-electron chi connectivity index (χ4n) is 1.93. The van der Waals surface area contributed by atoms with Crippen LogP contribution in [0.15, 0.2) is 24.3 Å². The lowest BCUT2D eigenvalue weighted by molar-refractivity contribution is 0.186. The summed E-state index contributed by atoms with van der Waals surface area (Å²) in [4.78, 5) is 2.24. The van der Waals surface area contributed by atoms with Crippen LogP contribution >= 0.6 is 0 Å². The first-order valence-corrected chi connectivity index (χ1v) is 6.12. The molecule has 2 N–H and O–H groups in total. The molecule has 1 unspecified atom stereocenters. The predicted molar refractivity (Wildman–Crippen MR) is 70.2 cm³/mol. The topological polar surface area (TPSA) is 29.3 Å². The number of nitrogens with two attached hydrogens (primary N) is 1. The second-order valence-electron chi connectivity index (χ2n) is 5.17. The van der Waals surface area contributed by atoms with Gasteiger partial charge in [0.2, 0.25) is 0 Å². The fourth-order valence-corrected chi connectivity index (χ4v) is 1.93. The predicted octanol–water partition coefficient (Wildman–Crippen LogP) is 2.63. The Morgan fingerprint density at radius 3 is 2.35 bits per heavy atom. The van der Waals surface area contributed by atoms with E-state index in [4.69, 9.17) is 5.73 Å². The van der Waals surface area contributed by atoms with E-state index in [1.807, 2.05) is 12.1 Å². The molecule has 0 saturated carbocycles. The van der Waals surface area contributed by atoms with Gasteiger partial charge in [0.15, 0.2) is 0 Å². The quantitative estimate of drug-likeness (QED) is 0.825. The molecule has 0 amide bonds. The van der Waals surface area contributed by atoms with E-state index in [1.54, 1.807) is 0 Å². The number of rotatable bonds is 6. The van der Waals surface area contributed by atoms with E-state index in [9.17, 15) is 4.39 Å². The maximum absolute atomic E-state index is 12.8. The Kier molecular flexibility index (Phi) is 5.09. The molecule has 0 radical (unpaired) electrons. The monoisotopic (exact) mass is 238 g/mol. The summed E-state index contributed by atoms with van der Waals surface area (Å²) in [6, 6.07) is 6.67. The number of hydrogen-bond donors (Lipinski definition) is 1. The molecule has 96 valence electrons. The standard InChI is InChI=1S/C14H23FN2/c1-4-14(2,10-16)11-17(3)9-12-5-7-13(15)8-6-12/h5-8H,4,9-11,16H2,1-3H3. The highest BCUT2D eigenvalue weighted by atomic mass is 19.1. The summed E-state index contributed by atoms with van der Waals surface area (Å²) in [7, 11) is 2.08. The lowest BCUT2D eigenvalue weighted by atomic mass is 9.87. The zero-order valence-electron chi connectivity index (χ0n) is 11.0. The average Bonchev–Trinajstić information content (AvgIpc) is 2.32. The van der Waals surface area contributed by atoms with Crippen LogP contribution in [0.4, 0.5) is 4.39 Å². The van der Waals surface area contributed by atoms with Crippen molar-refractivity contribution in [3.05, 3.63) is 35.6 Å². The second-order valence-corrected chi connectivity index (χ2v) is 5.17. The summed E-state index contributed by atoms with van der Waals surface area (Å²) in [5, 5.41) is 0. The number of hydrogen-bond acceptors (Lipinski definition) is 2. The van der Waals surface area contributed by atoms with Gasteiger partial charge in [-0.1, -0.05) is 26.0 Å². The number of nitrogens with zero attached hydrogens (tertiary/aromatic N) is 1. The van der Waals surface area contributed by atoms with E-state index in [2.05, 4.69) is 25.8 Å². The van der Waals surface area contributed by atoms with E-state index in [1.165, 1.54) is 12.1 Å². The van der Waals surface area contributed by atoms with Crippen LogP contribution in [0.3, 0.4) is 0 Å². The Bertz CT molecular complexity index is 331. The van der Waals surface area contributed by atoms with Crippen molar-refractivity contribution in [2.24, 2.45) is 11.1 Å². The van der Waals surface area contributed by atoms with Gasteiger partial charge in [-0.3, -0.25) is 0 Å². The molecule has 2 nitrogen and oxygen atoms in total. The minimum atomic E-state index is -0.184. The molecule has 0 saturated heterocycles. The lowest BCUT2D eigenvalue weighted by Gasteiger charge is -2.31. The average molecular weight is 238 g/mol. The summed E-state index contributed by atoms with van der Waals surface area (Å²) in [6.45, 7) is 6.84. The molecular weight excluding hydrogens is 215 g/mol. The van der Waals surface area contributed by atoms with Gasteiger partial charge in [0.05, 0.1) is 0 Å². The van der Waals surface area contributed by atoms with Gasteiger partial charge in [0, 0.05) is 13.1 Å². The molecule has 17 heavy (non-hydrogen) atoms. The van der Waals surface area contributed by atoms with Gasteiger partial charge >= 0.3 is 0 Å². The van der Waals surface area contributed by atoms with Crippen LogP contribution in [-0.4, -0.2) is 25.0 Å². The van der Waals surface area contributed by atoms with Gasteiger partial charge < -0.3 is 10.6 Å². The van der Waals surface area contributed by atoms with Gasteiger partial charge in [-0.25, -0.2) is 4.39 Å². The molecule has 3 heteroatoms. The van der Waals surface area contributed by atoms with Crippen molar-refractivity contribution in [3.63, 3.8) is 0 Å². The van der Waals surface area contributed by atoms with E-state index < -0.39 is 0 Å². The first-order valence-electron chi connectivity index (χ1n) is 6.12. The van der Waals surface area contributed by atoms with Crippen LogP contribution in [0, 0.1) is 11.2 Å². The van der Waals surface area contributed by atoms with Crippen molar-refractivity contribution in [2.75, 3.05) is 20.1 Å². The summed E-state index contributed by atoms with van der Waals surface area (Å²) in [5.41, 5.74) is 7.09. The van der Waals surface area contributed by atoms with E-state index in [0.717, 1.165) is 25.1 Å². The molecule has 0 bridgehead atoms. The Hall–Kier alpha value is -0.930. The third-order valence-electron chi connectivity index (χ3n) is 3.36. The van der Waals surface area contributed by atoms with Crippen LogP contribution in [0.1, 0.15) is 25.8 Å². The number of halogens is 1. The summed E-state index contributed by atoms with van der Waals surface area (Å²) < 4.78 is 12.8. The SMILES string of the molecule is CCC(C)(CN)CN(C)Cc1ccc(F)cc1. The maximum atomic E-state index is 12.8. The van der Waals surface area contributed by atoms with Crippen molar-refractivity contribution in [2.45, 2.75) is 26.8 Å². The Labute approximate surface area is 104 Å². The van der Waals surface area contributed by atoms with Crippen LogP contribution < -0.4 is 5.73 Å². The molecule has 0 spiro atoms. The zero-order chi connectivity index (χ0) is 12.9. The molecule has 1 rings (SSSR count). The Morgan fingerprint density at radius 2 is 1.88 bits per heavy atom. The third kappa shape index (κ3) is 4.44. The summed E-state index contributed by atoms with van der Waals surface area (Å²) >= 11 is 0. The first kappa shape index (κ1) is 14.1. The minimum Gasteiger partial charge on any atom is -0.330 e. The molecule has 0 aliphatic carbocycles. The minimum absolute atomic E-state index is 0.161. The molecule has 0 aliphatic heterocycles. The van der Waals surface area contributed by atoms with Crippen LogP contribution in [0.2, 0.25) is 0 Å². The largest absolute Gasteiger partial charge is 0.330 e. The smallest absolute Gasteiger partial charge is 0.123 e. The van der Waals surface area contributed by atoms with Gasteiger partial charge in [-0.15, -0.1) is 0 Å². The Morgan fingerprint density at radius 1 is 1.29 bits per heavy atom. The van der Waals surface area contributed by atoms with Gasteiger partial charge in [0.25, 0.3) is 0 Å². The molecule has 0 heterocycles. The molecule has 1 aromatic carbocycles. The third-order valence-corrected chi connectivity index (χ3v) is 3.36. The van der Waals surface area contributed by atoms with E-state index in [-0.39, 0.29) is 11.2 Å². The molecule has 1 atom stereocenters. The highest BCUT2D eigenvalue weighted by molar-refractivity contribution is 5.15. The van der Waals surface area contributed by atoms with E-state index >= 15 is 0 Å². The van der Waals surface area contributed by atoms with Crippen molar-refractivity contribution in [1.82, 2.24) is 4.90 Å². The molecule has 0 aromatic heterocycles. The number of benzene rings is 1. The van der Waals surface area contributed by atoms with Crippen molar-refractivity contribution < 1.29 is 4.39 Å². The maximum Gasteiger partial charge on any atom is 0.123 e. The summed E-state index contributed by atoms with van der Waals surface area (Å²) in [6.07, 6.45) is 1.07. The van der Waals surface area contributed by atoms with Crippen LogP contribution in [0.25, 0.3) is 0 Å². The zero-order valence-corrected chi connectivity index (χ0v) is 11.0. The van der Waals surface area contributed by atoms with Crippen LogP contribution in [0.5, 0.6) is 0 Å². The molecule has 1 aromatic rings. The van der Waals surface area contributed by atoms with Crippen molar-refractivity contribution in [1.29, 1.82) is 0 Å². The van der Waals surface area contributed by atoms with Crippen molar-refractivity contribution in [3.8, 4) is 0 Å². The lowest BCUT2D eigenvalue weighted by Crippen LogP contribution is -2.38. The highest BCUT2D eigenvalue weighted by Gasteiger charge is 2.21. The fraction of sp³-hybridized carbons (Fsp3) is 0.571. The van der Waals surface area contributed by atoms with Gasteiger partial charge in [-0.2, -0.15) is 0 Å². The highest BCUT2D eigenvalue weighted by Crippen LogP contribution is 2.21. The Balaban J connectivity index is 2.54. The normalized spacial score (nSPS) is 14.9. The van der Waals surface area contributed by atoms with Crippen molar-refractivity contribution >= 4 is 0 Å². The van der Waals surface area contributed by atoms with Gasteiger partial charge in [-0.05, 0) is 43.1 Å². The molecule has 0 fully saturated rings. The summed E-state index contributed by atoms with van der Waals surface area (Å²) in [5.74, 6) is -0.184. The second kappa shape index (κ2) is 6.12. The van der Waals surface area contributed by atoms with E-state index in [0.29, 0.717) is 6.54 Å². The molecule has 0 aliphatic rings.